The highest BCUT2D eigenvalue weighted by molar-refractivity contribution is 7.99. The van der Waals surface area contributed by atoms with Crippen LogP contribution in [-0.2, 0) is 4.74 Å². The Balaban J connectivity index is 1.99. The standard InChI is InChI=1S/C11H22O2S/c1-9(2)13-7-10(12)8-14-11-5-3-4-6-11/h9-12H,3-8H2,1-2H3. The lowest BCUT2D eigenvalue weighted by Gasteiger charge is -2.15. The summed E-state index contributed by atoms with van der Waals surface area (Å²) in [6.45, 7) is 4.48. The Morgan fingerprint density at radius 2 is 2.00 bits per heavy atom. The van der Waals surface area contributed by atoms with Crippen LogP contribution in [0.3, 0.4) is 0 Å². The van der Waals surface area contributed by atoms with Crippen LogP contribution < -0.4 is 0 Å². The number of rotatable bonds is 6. The maximum absolute atomic E-state index is 9.61. The summed E-state index contributed by atoms with van der Waals surface area (Å²) in [5.41, 5.74) is 0. The van der Waals surface area contributed by atoms with Crippen molar-refractivity contribution in [3.63, 3.8) is 0 Å². The third-order valence-corrected chi connectivity index (χ3v) is 3.97. The minimum Gasteiger partial charge on any atom is -0.390 e. The van der Waals surface area contributed by atoms with Gasteiger partial charge >= 0.3 is 0 Å². The molecule has 0 heterocycles. The first-order valence-corrected chi connectivity index (χ1v) is 6.64. The molecule has 0 aliphatic heterocycles. The molecule has 1 atom stereocenters. The Hall–Kier alpha value is 0.270. The fourth-order valence-corrected chi connectivity index (χ4v) is 2.91. The zero-order valence-electron chi connectivity index (χ0n) is 9.24. The lowest BCUT2D eigenvalue weighted by molar-refractivity contribution is 0.0152. The van der Waals surface area contributed by atoms with E-state index in [0.717, 1.165) is 11.0 Å². The van der Waals surface area contributed by atoms with Gasteiger partial charge in [-0.15, -0.1) is 0 Å². The van der Waals surface area contributed by atoms with Gasteiger partial charge in [0.05, 0.1) is 18.8 Å². The number of ether oxygens (including phenoxy) is 1. The van der Waals surface area contributed by atoms with Crippen molar-refractivity contribution in [2.75, 3.05) is 12.4 Å². The van der Waals surface area contributed by atoms with Crippen LogP contribution in [0.5, 0.6) is 0 Å². The lowest BCUT2D eigenvalue weighted by atomic mass is 10.4. The summed E-state index contributed by atoms with van der Waals surface area (Å²) in [6, 6.07) is 0. The third kappa shape index (κ3) is 5.23. The number of thioether (sulfide) groups is 1. The minimum atomic E-state index is -0.289. The maximum atomic E-state index is 9.61. The average molecular weight is 218 g/mol. The zero-order chi connectivity index (χ0) is 10.4. The van der Waals surface area contributed by atoms with Crippen molar-refractivity contribution in [2.45, 2.75) is 57.0 Å². The van der Waals surface area contributed by atoms with E-state index in [-0.39, 0.29) is 12.2 Å². The Morgan fingerprint density at radius 3 is 2.57 bits per heavy atom. The number of hydrogen-bond acceptors (Lipinski definition) is 3. The van der Waals surface area contributed by atoms with Gasteiger partial charge in [-0.05, 0) is 26.7 Å². The number of aliphatic hydroxyl groups is 1. The summed E-state index contributed by atoms with van der Waals surface area (Å²) in [5, 5.41) is 10.4. The van der Waals surface area contributed by atoms with E-state index in [1.54, 1.807) is 0 Å². The van der Waals surface area contributed by atoms with Gasteiger partial charge in [-0.25, -0.2) is 0 Å². The van der Waals surface area contributed by atoms with E-state index in [0.29, 0.717) is 6.61 Å². The molecule has 1 saturated carbocycles. The van der Waals surface area contributed by atoms with Crippen molar-refractivity contribution >= 4 is 11.8 Å². The molecule has 1 aliphatic rings. The Bertz CT molecular complexity index is 144. The molecular formula is C11H22O2S. The normalized spacial score (nSPS) is 20.6. The molecule has 0 aromatic carbocycles. The summed E-state index contributed by atoms with van der Waals surface area (Å²) < 4.78 is 5.36. The molecule has 2 nitrogen and oxygen atoms in total. The molecular weight excluding hydrogens is 196 g/mol. The molecule has 0 amide bonds. The lowest BCUT2D eigenvalue weighted by Crippen LogP contribution is -2.21. The molecule has 0 bridgehead atoms. The van der Waals surface area contributed by atoms with Crippen molar-refractivity contribution in [1.29, 1.82) is 0 Å². The van der Waals surface area contributed by atoms with E-state index in [1.165, 1.54) is 25.7 Å². The van der Waals surface area contributed by atoms with E-state index >= 15 is 0 Å². The van der Waals surface area contributed by atoms with Gasteiger partial charge in [-0.2, -0.15) is 11.8 Å². The molecule has 1 N–H and O–H groups in total. The summed E-state index contributed by atoms with van der Waals surface area (Å²) in [6.07, 6.45) is 5.35. The Kier molecular flexibility index (Phi) is 5.90. The van der Waals surface area contributed by atoms with Crippen LogP contribution in [0, 0.1) is 0 Å². The molecule has 0 spiro atoms. The fraction of sp³-hybridized carbons (Fsp3) is 1.00. The monoisotopic (exact) mass is 218 g/mol. The number of aliphatic hydroxyl groups excluding tert-OH is 1. The predicted octanol–water partition coefficient (Wildman–Crippen LogP) is 2.45. The first-order chi connectivity index (χ1) is 6.68. The van der Waals surface area contributed by atoms with E-state index in [2.05, 4.69) is 0 Å². The molecule has 0 aromatic rings. The molecule has 1 aliphatic carbocycles. The average Bonchev–Trinajstić information content (AvgIpc) is 2.63. The molecule has 1 unspecified atom stereocenters. The molecule has 0 aromatic heterocycles. The van der Waals surface area contributed by atoms with Crippen molar-refractivity contribution in [1.82, 2.24) is 0 Å². The smallest absolute Gasteiger partial charge is 0.0864 e. The first kappa shape index (κ1) is 12.3. The van der Waals surface area contributed by atoms with Crippen LogP contribution in [0.2, 0.25) is 0 Å². The van der Waals surface area contributed by atoms with E-state index in [9.17, 15) is 5.11 Å². The van der Waals surface area contributed by atoms with Crippen LogP contribution in [0.4, 0.5) is 0 Å². The minimum absolute atomic E-state index is 0.223. The van der Waals surface area contributed by atoms with Crippen LogP contribution >= 0.6 is 11.8 Å². The molecule has 0 radical (unpaired) electrons. The highest BCUT2D eigenvalue weighted by Gasteiger charge is 2.17. The predicted molar refractivity (Wildman–Crippen MR) is 61.8 cm³/mol. The van der Waals surface area contributed by atoms with E-state index < -0.39 is 0 Å². The molecule has 1 fully saturated rings. The van der Waals surface area contributed by atoms with Gasteiger partial charge in [0, 0.05) is 11.0 Å². The second-order valence-electron chi connectivity index (χ2n) is 4.28. The molecule has 0 saturated heterocycles. The van der Waals surface area contributed by atoms with Gasteiger partial charge in [0.25, 0.3) is 0 Å². The molecule has 14 heavy (non-hydrogen) atoms. The van der Waals surface area contributed by atoms with Crippen molar-refractivity contribution in [2.24, 2.45) is 0 Å². The summed E-state index contributed by atoms with van der Waals surface area (Å²) in [7, 11) is 0. The third-order valence-electron chi connectivity index (χ3n) is 2.45. The van der Waals surface area contributed by atoms with E-state index in [1.807, 2.05) is 25.6 Å². The van der Waals surface area contributed by atoms with Crippen molar-refractivity contribution in [3.05, 3.63) is 0 Å². The maximum Gasteiger partial charge on any atom is 0.0864 e. The van der Waals surface area contributed by atoms with Gasteiger partial charge in [-0.1, -0.05) is 12.8 Å². The quantitative estimate of drug-likeness (QED) is 0.742. The van der Waals surface area contributed by atoms with Gasteiger partial charge in [-0.3, -0.25) is 0 Å². The highest BCUT2D eigenvalue weighted by Crippen LogP contribution is 2.29. The molecule has 1 rings (SSSR count). The Labute approximate surface area is 91.4 Å². The van der Waals surface area contributed by atoms with Crippen molar-refractivity contribution < 1.29 is 9.84 Å². The summed E-state index contributed by atoms with van der Waals surface area (Å²) in [4.78, 5) is 0. The molecule has 84 valence electrons. The van der Waals surface area contributed by atoms with Gasteiger partial charge in [0.2, 0.25) is 0 Å². The second kappa shape index (κ2) is 6.70. The summed E-state index contributed by atoms with van der Waals surface area (Å²) in [5.74, 6) is 0.831. The highest BCUT2D eigenvalue weighted by atomic mass is 32.2. The van der Waals surface area contributed by atoms with Crippen LogP contribution in [0.25, 0.3) is 0 Å². The first-order valence-electron chi connectivity index (χ1n) is 5.59. The van der Waals surface area contributed by atoms with Gasteiger partial charge < -0.3 is 9.84 Å². The molecule has 3 heteroatoms. The van der Waals surface area contributed by atoms with Gasteiger partial charge in [0.15, 0.2) is 0 Å². The van der Waals surface area contributed by atoms with E-state index in [4.69, 9.17) is 4.74 Å². The second-order valence-corrected chi connectivity index (χ2v) is 5.61. The Morgan fingerprint density at radius 1 is 1.36 bits per heavy atom. The van der Waals surface area contributed by atoms with Gasteiger partial charge in [0.1, 0.15) is 0 Å². The fourth-order valence-electron chi connectivity index (χ4n) is 1.65. The van der Waals surface area contributed by atoms with Crippen LogP contribution in [0.1, 0.15) is 39.5 Å². The largest absolute Gasteiger partial charge is 0.390 e. The SMILES string of the molecule is CC(C)OCC(O)CSC1CCCC1. The number of hydrogen-bond donors (Lipinski definition) is 1. The van der Waals surface area contributed by atoms with Crippen molar-refractivity contribution in [3.8, 4) is 0 Å². The van der Waals surface area contributed by atoms with Crippen LogP contribution in [-0.4, -0.2) is 34.9 Å². The zero-order valence-corrected chi connectivity index (χ0v) is 10.1. The van der Waals surface area contributed by atoms with Crippen LogP contribution in [0.15, 0.2) is 0 Å². The summed E-state index contributed by atoms with van der Waals surface area (Å²) >= 11 is 1.91. The topological polar surface area (TPSA) is 29.5 Å².